The summed E-state index contributed by atoms with van der Waals surface area (Å²) in [6.07, 6.45) is 1.01. The Balaban J connectivity index is 2.96. The molecular formula is C8H11N3O5S2. The monoisotopic (exact) mass is 293 g/mol. The predicted molar refractivity (Wildman–Crippen MR) is 62.8 cm³/mol. The topological polar surface area (TPSA) is 150 Å². The van der Waals surface area contributed by atoms with E-state index in [0.29, 0.717) is 0 Å². The van der Waals surface area contributed by atoms with Crippen molar-refractivity contribution in [2.24, 2.45) is 10.9 Å². The maximum atomic E-state index is 11.7. The SMILES string of the molecule is NC(=O)c1ccc(S(=O)(=O)CCS(N)(=O)=O)nc1. The highest BCUT2D eigenvalue weighted by atomic mass is 32.2. The number of hydrogen-bond donors (Lipinski definition) is 2. The van der Waals surface area contributed by atoms with Crippen molar-refractivity contribution in [2.45, 2.75) is 5.03 Å². The van der Waals surface area contributed by atoms with Gasteiger partial charge < -0.3 is 5.73 Å². The van der Waals surface area contributed by atoms with Crippen LogP contribution in [0.1, 0.15) is 10.4 Å². The van der Waals surface area contributed by atoms with Gasteiger partial charge in [0.15, 0.2) is 14.9 Å². The average molecular weight is 293 g/mol. The first kappa shape index (κ1) is 14.5. The molecule has 18 heavy (non-hydrogen) atoms. The Labute approximate surface area is 104 Å². The molecule has 8 nitrogen and oxygen atoms in total. The normalized spacial score (nSPS) is 12.3. The molecule has 1 heterocycles. The number of carbonyl (C=O) groups excluding carboxylic acids is 1. The molecular weight excluding hydrogens is 282 g/mol. The Morgan fingerprint density at radius 1 is 1.17 bits per heavy atom. The lowest BCUT2D eigenvalue weighted by atomic mass is 10.3. The third kappa shape index (κ3) is 4.05. The first-order valence-corrected chi connectivity index (χ1v) is 7.98. The molecule has 1 aromatic heterocycles. The van der Waals surface area contributed by atoms with Crippen LogP contribution in [0.25, 0.3) is 0 Å². The lowest BCUT2D eigenvalue weighted by molar-refractivity contribution is 0.1000. The molecule has 0 aliphatic carbocycles. The number of sulfonamides is 1. The lowest BCUT2D eigenvalue weighted by Crippen LogP contribution is -2.23. The van der Waals surface area contributed by atoms with E-state index in [1.165, 1.54) is 6.07 Å². The third-order valence-electron chi connectivity index (χ3n) is 1.98. The van der Waals surface area contributed by atoms with E-state index >= 15 is 0 Å². The molecule has 0 spiro atoms. The number of hydrogen-bond acceptors (Lipinski definition) is 6. The molecule has 10 heteroatoms. The molecule has 4 N–H and O–H groups in total. The molecule has 0 saturated heterocycles. The first-order valence-electron chi connectivity index (χ1n) is 4.61. The minimum Gasteiger partial charge on any atom is -0.366 e. The van der Waals surface area contributed by atoms with Crippen molar-refractivity contribution < 1.29 is 21.6 Å². The number of carbonyl (C=O) groups is 1. The van der Waals surface area contributed by atoms with Crippen LogP contribution in [0.3, 0.4) is 0 Å². The highest BCUT2D eigenvalue weighted by Gasteiger charge is 2.19. The summed E-state index contributed by atoms with van der Waals surface area (Å²) in [5.41, 5.74) is 5.02. The third-order valence-corrected chi connectivity index (χ3v) is 4.63. The molecule has 0 bridgehead atoms. The van der Waals surface area contributed by atoms with Gasteiger partial charge in [0.25, 0.3) is 0 Å². The van der Waals surface area contributed by atoms with E-state index in [1.54, 1.807) is 0 Å². The number of rotatable bonds is 5. The zero-order valence-electron chi connectivity index (χ0n) is 9.11. The number of pyridine rings is 1. The van der Waals surface area contributed by atoms with Crippen LogP contribution in [-0.2, 0) is 19.9 Å². The average Bonchev–Trinajstić information content (AvgIpc) is 2.26. The molecule has 0 unspecified atom stereocenters. The van der Waals surface area contributed by atoms with Crippen molar-refractivity contribution in [3.05, 3.63) is 23.9 Å². The quantitative estimate of drug-likeness (QED) is 0.656. The second-order valence-corrected chi connectivity index (χ2v) is 7.23. The molecule has 0 radical (unpaired) electrons. The second-order valence-electron chi connectivity index (χ2n) is 3.44. The number of primary sulfonamides is 1. The van der Waals surface area contributed by atoms with Gasteiger partial charge in [-0.2, -0.15) is 0 Å². The van der Waals surface area contributed by atoms with Crippen LogP contribution in [0.4, 0.5) is 0 Å². The Hall–Kier alpha value is -1.52. The van der Waals surface area contributed by atoms with Crippen LogP contribution in [0, 0.1) is 0 Å². The molecule has 0 aromatic carbocycles. The molecule has 1 aromatic rings. The number of amides is 1. The Morgan fingerprint density at radius 3 is 2.17 bits per heavy atom. The number of sulfone groups is 1. The van der Waals surface area contributed by atoms with Gasteiger partial charge in [-0.1, -0.05) is 0 Å². The number of nitrogens with zero attached hydrogens (tertiary/aromatic N) is 1. The highest BCUT2D eigenvalue weighted by molar-refractivity contribution is 7.94. The highest BCUT2D eigenvalue weighted by Crippen LogP contribution is 2.09. The fourth-order valence-corrected chi connectivity index (χ4v) is 3.55. The summed E-state index contributed by atoms with van der Waals surface area (Å²) in [6, 6.07) is 2.28. The van der Waals surface area contributed by atoms with Crippen molar-refractivity contribution in [3.8, 4) is 0 Å². The number of nitrogens with two attached hydrogens (primary N) is 2. The summed E-state index contributed by atoms with van der Waals surface area (Å²) in [7, 11) is -7.73. The van der Waals surface area contributed by atoms with Crippen LogP contribution in [0.15, 0.2) is 23.4 Å². The Morgan fingerprint density at radius 2 is 1.78 bits per heavy atom. The molecule has 1 amide bonds. The van der Waals surface area contributed by atoms with Crippen LogP contribution in [-0.4, -0.2) is 39.2 Å². The maximum Gasteiger partial charge on any atom is 0.250 e. The van der Waals surface area contributed by atoms with Crippen molar-refractivity contribution >= 4 is 25.8 Å². The molecule has 0 aliphatic heterocycles. The largest absolute Gasteiger partial charge is 0.366 e. The van der Waals surface area contributed by atoms with Crippen LogP contribution in [0.2, 0.25) is 0 Å². The molecule has 0 saturated carbocycles. The van der Waals surface area contributed by atoms with Crippen LogP contribution < -0.4 is 10.9 Å². The number of aromatic nitrogens is 1. The van der Waals surface area contributed by atoms with Gasteiger partial charge in [-0.05, 0) is 12.1 Å². The Bertz CT molecular complexity index is 648. The number of primary amides is 1. The van der Waals surface area contributed by atoms with Gasteiger partial charge in [0, 0.05) is 6.20 Å². The Kier molecular flexibility index (Phi) is 4.04. The van der Waals surface area contributed by atoms with E-state index in [1.807, 2.05) is 0 Å². The van der Waals surface area contributed by atoms with Crippen LogP contribution in [0.5, 0.6) is 0 Å². The minimum absolute atomic E-state index is 0.0559. The van der Waals surface area contributed by atoms with Gasteiger partial charge in [0.2, 0.25) is 15.9 Å². The molecule has 0 atom stereocenters. The summed E-state index contributed by atoms with van der Waals surface area (Å²) in [5.74, 6) is -2.11. The minimum atomic E-state index is -3.87. The van der Waals surface area contributed by atoms with Crippen molar-refractivity contribution in [2.75, 3.05) is 11.5 Å². The summed E-state index contributed by atoms with van der Waals surface area (Å²) in [6.45, 7) is 0. The van der Waals surface area contributed by atoms with E-state index in [2.05, 4.69) is 4.98 Å². The van der Waals surface area contributed by atoms with Crippen LogP contribution >= 0.6 is 0 Å². The molecule has 0 aliphatic rings. The maximum absolute atomic E-state index is 11.7. The van der Waals surface area contributed by atoms with E-state index < -0.39 is 37.3 Å². The van der Waals surface area contributed by atoms with E-state index in [0.717, 1.165) is 12.3 Å². The molecule has 1 rings (SSSR count). The van der Waals surface area contributed by atoms with Gasteiger partial charge in [0.1, 0.15) is 0 Å². The molecule has 0 fully saturated rings. The zero-order valence-corrected chi connectivity index (χ0v) is 10.7. The van der Waals surface area contributed by atoms with Gasteiger partial charge in [0.05, 0.1) is 17.1 Å². The second kappa shape index (κ2) is 5.00. The summed E-state index contributed by atoms with van der Waals surface area (Å²) in [4.78, 5) is 14.3. The van der Waals surface area contributed by atoms with Crippen molar-refractivity contribution in [1.29, 1.82) is 0 Å². The van der Waals surface area contributed by atoms with E-state index in [-0.39, 0.29) is 10.6 Å². The van der Waals surface area contributed by atoms with Crippen molar-refractivity contribution in [1.82, 2.24) is 4.98 Å². The molecule has 100 valence electrons. The predicted octanol–water partition coefficient (Wildman–Crippen LogP) is -1.76. The van der Waals surface area contributed by atoms with E-state index in [9.17, 15) is 21.6 Å². The smallest absolute Gasteiger partial charge is 0.250 e. The fraction of sp³-hybridized carbons (Fsp3) is 0.250. The summed E-state index contributed by atoms with van der Waals surface area (Å²) in [5, 5.41) is 4.37. The van der Waals surface area contributed by atoms with Gasteiger partial charge >= 0.3 is 0 Å². The van der Waals surface area contributed by atoms with Gasteiger partial charge in [-0.25, -0.2) is 27.0 Å². The van der Waals surface area contributed by atoms with Gasteiger partial charge in [-0.15, -0.1) is 0 Å². The standard InChI is InChI=1S/C8H11N3O5S2/c9-8(12)6-1-2-7(11-5-6)17(13,14)3-4-18(10,15)16/h1-2,5H,3-4H2,(H2,9,12)(H2,10,15,16). The zero-order chi connectivity index (χ0) is 14.0. The van der Waals surface area contributed by atoms with Gasteiger partial charge in [-0.3, -0.25) is 4.79 Å². The summed E-state index contributed by atoms with van der Waals surface area (Å²) >= 11 is 0. The lowest BCUT2D eigenvalue weighted by Gasteiger charge is -2.03. The van der Waals surface area contributed by atoms with E-state index in [4.69, 9.17) is 10.9 Å². The summed E-state index contributed by atoms with van der Waals surface area (Å²) < 4.78 is 44.7. The van der Waals surface area contributed by atoms with Crippen molar-refractivity contribution in [3.63, 3.8) is 0 Å². The fourth-order valence-electron chi connectivity index (χ4n) is 1.04. The first-order chi connectivity index (χ1) is 8.12.